The molecule has 0 aliphatic carbocycles. The number of hydrogen-bond acceptors (Lipinski definition) is 5. The van der Waals surface area contributed by atoms with Crippen molar-refractivity contribution in [2.75, 3.05) is 31.5 Å². The number of fused-ring (bicyclic) bond motifs is 1. The van der Waals surface area contributed by atoms with Gasteiger partial charge in [-0.25, -0.2) is 9.78 Å². The maximum atomic E-state index is 13.1. The highest BCUT2D eigenvalue weighted by molar-refractivity contribution is 5.98. The second-order valence-electron chi connectivity index (χ2n) is 11.6. The van der Waals surface area contributed by atoms with E-state index in [2.05, 4.69) is 28.5 Å². The van der Waals surface area contributed by atoms with E-state index >= 15 is 0 Å². The molecule has 1 spiro atoms. The van der Waals surface area contributed by atoms with Gasteiger partial charge in [0.05, 0.1) is 5.41 Å². The highest BCUT2D eigenvalue weighted by atomic mass is 16.6. The van der Waals surface area contributed by atoms with Gasteiger partial charge in [0.25, 0.3) is 0 Å². The summed E-state index contributed by atoms with van der Waals surface area (Å²) in [6.07, 6.45) is 9.36. The molecule has 3 amide bonds. The van der Waals surface area contributed by atoms with E-state index in [-0.39, 0.29) is 17.9 Å². The van der Waals surface area contributed by atoms with Crippen LogP contribution in [0.4, 0.5) is 10.6 Å². The number of nitrogens with one attached hydrogen (secondary N) is 1. The van der Waals surface area contributed by atoms with Crippen LogP contribution in [-0.4, -0.2) is 64.5 Å². The summed E-state index contributed by atoms with van der Waals surface area (Å²) < 4.78 is 5.50. The molecule has 204 valence electrons. The standard InChI is InChI=1S/C31H36N4O4/c1-30(2,3)39-29(38)35-17-13-31(14-18-35)20-25-19-22(21-32-27(25)33-28(31)37)9-10-26(36)34-15-11-24(12-16-34)23-7-5-4-6-8-23/h4-11,19,21H,12-18,20H2,1-3H3,(H,32,33,37)/b10-9+. The van der Waals surface area contributed by atoms with Crippen molar-refractivity contribution in [2.45, 2.75) is 52.1 Å². The van der Waals surface area contributed by atoms with E-state index in [1.54, 1.807) is 23.2 Å². The van der Waals surface area contributed by atoms with Gasteiger partial charge in [-0.1, -0.05) is 36.4 Å². The van der Waals surface area contributed by atoms with Crippen molar-refractivity contribution < 1.29 is 19.1 Å². The van der Waals surface area contributed by atoms with Crippen LogP contribution in [0.3, 0.4) is 0 Å². The fraction of sp³-hybridized carbons (Fsp3) is 0.419. The molecule has 8 nitrogen and oxygen atoms in total. The maximum Gasteiger partial charge on any atom is 0.410 e. The van der Waals surface area contributed by atoms with Crippen LogP contribution in [-0.2, 0) is 20.7 Å². The largest absolute Gasteiger partial charge is 0.444 e. The number of pyridine rings is 1. The molecule has 3 aliphatic heterocycles. The van der Waals surface area contributed by atoms with E-state index in [1.807, 2.05) is 49.9 Å². The molecule has 0 bridgehead atoms. The lowest BCUT2D eigenvalue weighted by Crippen LogP contribution is -2.51. The molecule has 1 saturated heterocycles. The molecule has 0 saturated carbocycles. The van der Waals surface area contributed by atoms with Crippen molar-refractivity contribution in [3.63, 3.8) is 0 Å². The Hall–Kier alpha value is -3.94. The summed E-state index contributed by atoms with van der Waals surface area (Å²) in [5.41, 5.74) is 3.11. The third-order valence-corrected chi connectivity index (χ3v) is 7.69. The zero-order valence-electron chi connectivity index (χ0n) is 22.9. The Morgan fingerprint density at radius 3 is 2.49 bits per heavy atom. The molecule has 39 heavy (non-hydrogen) atoms. The van der Waals surface area contributed by atoms with Gasteiger partial charge in [0.2, 0.25) is 11.8 Å². The zero-order valence-corrected chi connectivity index (χ0v) is 22.9. The van der Waals surface area contributed by atoms with Crippen LogP contribution in [0.1, 0.15) is 56.7 Å². The number of hydrogen-bond donors (Lipinski definition) is 1. The van der Waals surface area contributed by atoms with Gasteiger partial charge in [-0.05, 0) is 80.9 Å². The van der Waals surface area contributed by atoms with Crippen molar-refractivity contribution in [3.05, 3.63) is 71.4 Å². The molecule has 5 rings (SSSR count). The number of amides is 3. The van der Waals surface area contributed by atoms with Crippen LogP contribution in [0.15, 0.2) is 54.7 Å². The van der Waals surface area contributed by atoms with E-state index in [0.29, 0.717) is 51.3 Å². The summed E-state index contributed by atoms with van der Waals surface area (Å²) in [6, 6.07) is 12.3. The molecule has 1 N–H and O–H groups in total. The van der Waals surface area contributed by atoms with E-state index < -0.39 is 11.0 Å². The molecule has 0 unspecified atom stereocenters. The Bertz CT molecular complexity index is 1320. The first kappa shape index (κ1) is 26.7. The smallest absolute Gasteiger partial charge is 0.410 e. The summed E-state index contributed by atoms with van der Waals surface area (Å²) in [5, 5.41) is 2.97. The summed E-state index contributed by atoms with van der Waals surface area (Å²) >= 11 is 0. The SMILES string of the molecule is CC(C)(C)OC(=O)N1CCC2(CC1)Cc1cc(/C=C/C(=O)N3CC=C(c4ccccc4)CC3)cnc1NC2=O. The lowest BCUT2D eigenvalue weighted by molar-refractivity contribution is -0.129. The van der Waals surface area contributed by atoms with Crippen molar-refractivity contribution in [1.29, 1.82) is 0 Å². The average molecular weight is 529 g/mol. The number of aromatic nitrogens is 1. The minimum Gasteiger partial charge on any atom is -0.444 e. The van der Waals surface area contributed by atoms with Crippen LogP contribution in [0, 0.1) is 5.41 Å². The number of nitrogens with zero attached hydrogens (tertiary/aromatic N) is 3. The predicted molar refractivity (Wildman–Crippen MR) is 151 cm³/mol. The third kappa shape index (κ3) is 6.05. The third-order valence-electron chi connectivity index (χ3n) is 7.69. The van der Waals surface area contributed by atoms with Gasteiger partial charge in [-0.3, -0.25) is 9.59 Å². The first-order valence-electron chi connectivity index (χ1n) is 13.6. The number of rotatable bonds is 3. The summed E-state index contributed by atoms with van der Waals surface area (Å²) in [7, 11) is 0. The first-order valence-corrected chi connectivity index (χ1v) is 13.6. The molecular weight excluding hydrogens is 492 g/mol. The van der Waals surface area contributed by atoms with Crippen molar-refractivity contribution >= 4 is 35.4 Å². The normalized spacial score (nSPS) is 18.9. The maximum absolute atomic E-state index is 13.1. The van der Waals surface area contributed by atoms with Crippen molar-refractivity contribution in [2.24, 2.45) is 5.41 Å². The highest BCUT2D eigenvalue weighted by Crippen LogP contribution is 2.41. The number of likely N-dealkylation sites (tertiary alicyclic amines) is 1. The monoisotopic (exact) mass is 528 g/mol. The average Bonchev–Trinajstić information content (AvgIpc) is 2.92. The van der Waals surface area contributed by atoms with Crippen molar-refractivity contribution in [3.8, 4) is 0 Å². The second kappa shape index (κ2) is 10.7. The van der Waals surface area contributed by atoms with Crippen LogP contribution >= 0.6 is 0 Å². The number of piperidine rings is 1. The molecule has 2 aromatic rings. The molecule has 1 aromatic heterocycles. The van der Waals surface area contributed by atoms with Crippen LogP contribution in [0.2, 0.25) is 0 Å². The lowest BCUT2D eigenvalue weighted by Gasteiger charge is -2.43. The van der Waals surface area contributed by atoms with Crippen LogP contribution < -0.4 is 5.32 Å². The number of ether oxygens (including phenoxy) is 1. The van der Waals surface area contributed by atoms with Crippen LogP contribution in [0.5, 0.6) is 0 Å². The Balaban J connectivity index is 1.21. The Morgan fingerprint density at radius 2 is 1.82 bits per heavy atom. The van der Waals surface area contributed by atoms with E-state index in [9.17, 15) is 14.4 Å². The second-order valence-corrected chi connectivity index (χ2v) is 11.6. The van der Waals surface area contributed by atoms with Crippen LogP contribution in [0.25, 0.3) is 11.6 Å². The highest BCUT2D eigenvalue weighted by Gasteiger charge is 2.46. The van der Waals surface area contributed by atoms with Gasteiger partial charge < -0.3 is 19.9 Å². The fourth-order valence-electron chi connectivity index (χ4n) is 5.46. The summed E-state index contributed by atoms with van der Waals surface area (Å²) in [5.74, 6) is 0.492. The Labute approximate surface area is 229 Å². The molecule has 1 aromatic carbocycles. The zero-order chi connectivity index (χ0) is 27.6. The summed E-state index contributed by atoms with van der Waals surface area (Å²) in [4.78, 5) is 46.4. The lowest BCUT2D eigenvalue weighted by atomic mass is 9.71. The molecular formula is C31H36N4O4. The van der Waals surface area contributed by atoms with Gasteiger partial charge in [-0.2, -0.15) is 0 Å². The number of anilines is 1. The summed E-state index contributed by atoms with van der Waals surface area (Å²) in [6.45, 7) is 7.75. The van der Waals surface area contributed by atoms with Gasteiger partial charge in [0.1, 0.15) is 11.4 Å². The minimum absolute atomic E-state index is 0.0321. The molecule has 1 fully saturated rings. The van der Waals surface area contributed by atoms with Gasteiger partial charge >= 0.3 is 6.09 Å². The predicted octanol–water partition coefficient (Wildman–Crippen LogP) is 4.92. The Morgan fingerprint density at radius 1 is 1.08 bits per heavy atom. The molecule has 8 heteroatoms. The number of benzene rings is 1. The van der Waals surface area contributed by atoms with E-state index in [4.69, 9.17) is 4.74 Å². The fourth-order valence-corrected chi connectivity index (χ4v) is 5.46. The van der Waals surface area contributed by atoms with Crippen molar-refractivity contribution in [1.82, 2.24) is 14.8 Å². The number of carbonyl (C=O) groups is 3. The Kier molecular flexibility index (Phi) is 7.30. The van der Waals surface area contributed by atoms with Gasteiger partial charge in [0.15, 0.2) is 0 Å². The van der Waals surface area contributed by atoms with Gasteiger partial charge in [-0.15, -0.1) is 0 Å². The van der Waals surface area contributed by atoms with E-state index in [0.717, 1.165) is 17.5 Å². The molecule has 4 heterocycles. The topological polar surface area (TPSA) is 91.8 Å². The molecule has 0 radical (unpaired) electrons. The van der Waals surface area contributed by atoms with E-state index in [1.165, 1.54) is 11.1 Å². The minimum atomic E-state index is -0.581. The van der Waals surface area contributed by atoms with Gasteiger partial charge in [0, 0.05) is 38.5 Å². The number of carbonyl (C=O) groups excluding carboxylic acids is 3. The quantitative estimate of drug-likeness (QED) is 0.571. The first-order chi connectivity index (χ1) is 18.6. The molecule has 0 atom stereocenters. The molecule has 3 aliphatic rings.